The molecule has 0 aliphatic carbocycles. The molecule has 0 saturated carbocycles. The molecule has 7 nitrogen and oxygen atoms in total. The summed E-state index contributed by atoms with van der Waals surface area (Å²) < 4.78 is 22.0. The summed E-state index contributed by atoms with van der Waals surface area (Å²) in [5.41, 5.74) is 2.11. The van der Waals surface area contributed by atoms with Crippen LogP contribution in [-0.2, 0) is 20.9 Å². The van der Waals surface area contributed by atoms with Crippen LogP contribution >= 0.6 is 0 Å². The fourth-order valence-electron chi connectivity index (χ4n) is 3.91. The molecule has 2 saturated heterocycles. The number of hydrogen-bond donors (Lipinski definition) is 1. The lowest BCUT2D eigenvalue weighted by Gasteiger charge is -2.26. The first kappa shape index (κ1) is 20.0. The van der Waals surface area contributed by atoms with Gasteiger partial charge in [0, 0.05) is 24.5 Å². The van der Waals surface area contributed by atoms with Crippen LogP contribution < -0.4 is 10.2 Å². The van der Waals surface area contributed by atoms with Gasteiger partial charge in [-0.05, 0) is 56.5 Å². The van der Waals surface area contributed by atoms with Crippen LogP contribution in [0.3, 0.4) is 0 Å². The highest BCUT2D eigenvalue weighted by Gasteiger charge is 2.38. The minimum atomic E-state index is -0.976. The zero-order chi connectivity index (χ0) is 21.4. The number of nitrogens with zero attached hydrogens (tertiary/aromatic N) is 2. The zero-order valence-electron chi connectivity index (χ0n) is 16.8. The molecule has 0 bridgehead atoms. The number of aromatic nitrogens is 1. The largest absolute Gasteiger partial charge is 0.376 e. The van der Waals surface area contributed by atoms with Crippen LogP contribution in [0.25, 0.3) is 6.08 Å². The number of hydrogen-bond acceptors (Lipinski definition) is 4. The molecule has 0 radical (unpaired) electrons. The molecule has 30 heavy (non-hydrogen) atoms. The Hall–Kier alpha value is -3.26. The fraction of sp³-hybridized carbons (Fsp3) is 0.318. The average Bonchev–Trinajstić information content (AvgIpc) is 3.30. The first-order chi connectivity index (χ1) is 14.4. The number of amides is 4. The van der Waals surface area contributed by atoms with Crippen molar-refractivity contribution in [3.63, 3.8) is 0 Å². The predicted octanol–water partition coefficient (Wildman–Crippen LogP) is 3.09. The van der Waals surface area contributed by atoms with Crippen molar-refractivity contribution in [3.8, 4) is 0 Å². The van der Waals surface area contributed by atoms with Gasteiger partial charge < -0.3 is 9.30 Å². The summed E-state index contributed by atoms with van der Waals surface area (Å²) in [5, 5.41) is 2.12. The molecule has 1 atom stereocenters. The van der Waals surface area contributed by atoms with E-state index in [1.54, 1.807) is 0 Å². The molecule has 2 fully saturated rings. The van der Waals surface area contributed by atoms with Crippen LogP contribution in [0.2, 0.25) is 0 Å². The molecule has 2 aromatic rings. The highest BCUT2D eigenvalue weighted by molar-refractivity contribution is 6.39. The number of ether oxygens (including phenoxy) is 1. The molecular formula is C22H22FN3O4. The average molecular weight is 411 g/mol. The Morgan fingerprint density at radius 3 is 2.70 bits per heavy atom. The van der Waals surface area contributed by atoms with E-state index >= 15 is 0 Å². The minimum absolute atomic E-state index is 0.143. The number of carbonyl (C=O) groups is 3. The van der Waals surface area contributed by atoms with E-state index in [1.165, 1.54) is 24.3 Å². The van der Waals surface area contributed by atoms with Crippen molar-refractivity contribution in [2.75, 3.05) is 11.5 Å². The number of nitrogens with one attached hydrogen (secondary N) is 1. The van der Waals surface area contributed by atoms with E-state index in [0.717, 1.165) is 36.9 Å². The van der Waals surface area contributed by atoms with Gasteiger partial charge >= 0.3 is 6.03 Å². The van der Waals surface area contributed by atoms with Crippen molar-refractivity contribution < 1.29 is 23.5 Å². The number of rotatable bonds is 4. The topological polar surface area (TPSA) is 80.6 Å². The van der Waals surface area contributed by atoms with Crippen molar-refractivity contribution in [1.82, 2.24) is 9.88 Å². The molecule has 1 N–H and O–H groups in total. The molecule has 1 aromatic carbocycles. The molecule has 0 unspecified atom stereocenters. The summed E-state index contributed by atoms with van der Waals surface area (Å²) >= 11 is 0. The molecule has 2 aliphatic rings. The first-order valence-electron chi connectivity index (χ1n) is 9.81. The van der Waals surface area contributed by atoms with E-state index in [0.29, 0.717) is 17.0 Å². The number of aryl methyl sites for hydroxylation is 1. The molecule has 156 valence electrons. The number of imide groups is 2. The highest BCUT2D eigenvalue weighted by atomic mass is 19.1. The summed E-state index contributed by atoms with van der Waals surface area (Å²) in [4.78, 5) is 38.3. The summed E-state index contributed by atoms with van der Waals surface area (Å²) in [7, 11) is 0. The second-order valence-corrected chi connectivity index (χ2v) is 7.48. The second kappa shape index (κ2) is 7.87. The lowest BCUT2D eigenvalue weighted by Crippen LogP contribution is -2.54. The molecule has 8 heteroatoms. The maximum atomic E-state index is 14.2. The van der Waals surface area contributed by atoms with E-state index in [2.05, 4.69) is 9.88 Å². The minimum Gasteiger partial charge on any atom is -0.376 e. The third-order valence-electron chi connectivity index (χ3n) is 5.52. The van der Waals surface area contributed by atoms with Gasteiger partial charge in [0.1, 0.15) is 11.4 Å². The van der Waals surface area contributed by atoms with E-state index in [9.17, 15) is 18.8 Å². The van der Waals surface area contributed by atoms with Gasteiger partial charge in [-0.2, -0.15) is 0 Å². The van der Waals surface area contributed by atoms with Crippen LogP contribution in [-0.4, -0.2) is 35.1 Å². The molecule has 4 amide bonds. The Kier molecular flexibility index (Phi) is 5.26. The van der Waals surface area contributed by atoms with Crippen LogP contribution in [0.15, 0.2) is 35.9 Å². The number of para-hydroxylation sites is 1. The second-order valence-electron chi connectivity index (χ2n) is 7.48. The third kappa shape index (κ3) is 3.54. The number of urea groups is 1. The maximum Gasteiger partial charge on any atom is 0.336 e. The van der Waals surface area contributed by atoms with Gasteiger partial charge in [-0.1, -0.05) is 12.1 Å². The number of anilines is 1. The van der Waals surface area contributed by atoms with Crippen molar-refractivity contribution in [2.24, 2.45) is 0 Å². The summed E-state index contributed by atoms with van der Waals surface area (Å²) in [6, 6.07) is 6.33. The van der Waals surface area contributed by atoms with E-state index in [-0.39, 0.29) is 17.4 Å². The predicted molar refractivity (Wildman–Crippen MR) is 108 cm³/mol. The van der Waals surface area contributed by atoms with Crippen molar-refractivity contribution in [1.29, 1.82) is 0 Å². The Morgan fingerprint density at radius 1 is 1.23 bits per heavy atom. The van der Waals surface area contributed by atoms with Gasteiger partial charge in [-0.15, -0.1) is 0 Å². The van der Waals surface area contributed by atoms with Crippen molar-refractivity contribution in [2.45, 2.75) is 39.3 Å². The van der Waals surface area contributed by atoms with Gasteiger partial charge in [0.15, 0.2) is 0 Å². The summed E-state index contributed by atoms with van der Waals surface area (Å²) in [5.74, 6) is -2.40. The van der Waals surface area contributed by atoms with Crippen molar-refractivity contribution >= 4 is 29.6 Å². The van der Waals surface area contributed by atoms with Gasteiger partial charge in [0.05, 0.1) is 11.8 Å². The smallest absolute Gasteiger partial charge is 0.336 e. The number of barbiturate groups is 1. The number of halogens is 1. The van der Waals surface area contributed by atoms with E-state index < -0.39 is 23.7 Å². The SMILES string of the molecule is Cc1cc(/C=C2\C(=O)NC(=O)N(c3ccccc3F)C2=O)c(C)n1C[C@@H]1CCCO1. The molecule has 1 aromatic heterocycles. The maximum absolute atomic E-state index is 14.2. The Bertz CT molecular complexity index is 1070. The van der Waals surface area contributed by atoms with Crippen LogP contribution in [0.1, 0.15) is 29.8 Å². The Labute approximate surface area is 173 Å². The Morgan fingerprint density at radius 2 is 2.00 bits per heavy atom. The lowest BCUT2D eigenvalue weighted by atomic mass is 10.1. The first-order valence-corrected chi connectivity index (χ1v) is 9.81. The molecule has 0 spiro atoms. The zero-order valence-corrected chi connectivity index (χ0v) is 16.8. The monoisotopic (exact) mass is 411 g/mol. The molecular weight excluding hydrogens is 389 g/mol. The van der Waals surface area contributed by atoms with E-state index in [1.807, 2.05) is 19.9 Å². The van der Waals surface area contributed by atoms with Crippen LogP contribution in [0.4, 0.5) is 14.9 Å². The van der Waals surface area contributed by atoms with Gasteiger partial charge in [0.25, 0.3) is 11.8 Å². The number of carbonyl (C=O) groups excluding carboxylic acids is 3. The molecule has 2 aliphatic heterocycles. The quantitative estimate of drug-likeness (QED) is 0.619. The van der Waals surface area contributed by atoms with Crippen LogP contribution in [0, 0.1) is 19.7 Å². The van der Waals surface area contributed by atoms with Gasteiger partial charge in [0.2, 0.25) is 0 Å². The van der Waals surface area contributed by atoms with E-state index in [4.69, 9.17) is 4.74 Å². The Balaban J connectivity index is 1.69. The standard InChI is InChI=1S/C22H22FN3O4/c1-13-10-15(14(2)25(13)12-16-6-5-9-30-16)11-17-20(27)24-22(29)26(21(17)28)19-8-4-3-7-18(19)23/h3-4,7-8,10-11,16H,5-6,9,12H2,1-2H3,(H,24,27,29)/b17-11+/t16-/m0/s1. The summed E-state index contributed by atoms with van der Waals surface area (Å²) in [6.45, 7) is 5.30. The van der Waals surface area contributed by atoms with Gasteiger partial charge in [-0.25, -0.2) is 14.1 Å². The highest BCUT2D eigenvalue weighted by Crippen LogP contribution is 2.26. The number of benzene rings is 1. The fourth-order valence-corrected chi connectivity index (χ4v) is 3.91. The van der Waals surface area contributed by atoms with Crippen LogP contribution in [0.5, 0.6) is 0 Å². The molecule has 4 rings (SSSR count). The van der Waals surface area contributed by atoms with Crippen molar-refractivity contribution in [3.05, 3.63) is 58.7 Å². The van der Waals surface area contributed by atoms with Gasteiger partial charge in [-0.3, -0.25) is 14.9 Å². The lowest BCUT2D eigenvalue weighted by molar-refractivity contribution is -0.122. The summed E-state index contributed by atoms with van der Waals surface area (Å²) in [6.07, 6.45) is 3.62. The normalized spacial score (nSPS) is 20.9. The third-order valence-corrected chi connectivity index (χ3v) is 5.52. The molecule has 3 heterocycles.